The molecule has 2 unspecified atom stereocenters. The van der Waals surface area contributed by atoms with Crippen molar-refractivity contribution in [1.29, 1.82) is 0 Å². The fourth-order valence-electron chi connectivity index (χ4n) is 3.07. The summed E-state index contributed by atoms with van der Waals surface area (Å²) in [6.07, 6.45) is 4.93. The van der Waals surface area contributed by atoms with Gasteiger partial charge in [0.1, 0.15) is 0 Å². The fourth-order valence-corrected chi connectivity index (χ4v) is 3.07. The van der Waals surface area contributed by atoms with Gasteiger partial charge in [0.2, 0.25) is 5.75 Å². The number of methoxy groups -OCH3 is 3. The summed E-state index contributed by atoms with van der Waals surface area (Å²) in [5.41, 5.74) is 1.01. The van der Waals surface area contributed by atoms with E-state index in [0.29, 0.717) is 17.2 Å². The second-order valence-corrected chi connectivity index (χ2v) is 5.24. The molecule has 1 N–H and O–H groups in total. The molecule has 1 aromatic rings. The van der Waals surface area contributed by atoms with Crippen molar-refractivity contribution in [2.45, 2.75) is 44.1 Å². The Hall–Kier alpha value is -1.42. The normalized spacial score (nSPS) is 23.0. The molecule has 112 valence electrons. The van der Waals surface area contributed by atoms with Gasteiger partial charge in [-0.3, -0.25) is 0 Å². The van der Waals surface area contributed by atoms with Gasteiger partial charge in [-0.1, -0.05) is 25.3 Å². The zero-order chi connectivity index (χ0) is 14.5. The molecule has 0 amide bonds. The molecule has 4 heteroatoms. The van der Waals surface area contributed by atoms with Gasteiger partial charge in [0, 0.05) is 11.5 Å². The quantitative estimate of drug-likeness (QED) is 0.861. The van der Waals surface area contributed by atoms with Crippen LogP contribution in [0.15, 0.2) is 12.1 Å². The molecular weight excluding hydrogens is 256 g/mol. The third-order valence-corrected chi connectivity index (χ3v) is 4.11. The van der Waals surface area contributed by atoms with Gasteiger partial charge in [-0.25, -0.2) is 0 Å². The van der Waals surface area contributed by atoms with Crippen LogP contribution in [0, 0.1) is 0 Å². The number of benzene rings is 1. The van der Waals surface area contributed by atoms with E-state index in [1.807, 2.05) is 12.1 Å². The van der Waals surface area contributed by atoms with Gasteiger partial charge in [-0.2, -0.15) is 0 Å². The van der Waals surface area contributed by atoms with E-state index in [1.54, 1.807) is 21.3 Å². The second-order valence-electron chi connectivity index (χ2n) is 5.24. The van der Waals surface area contributed by atoms with Crippen LogP contribution < -0.4 is 14.2 Å². The molecule has 2 atom stereocenters. The van der Waals surface area contributed by atoms with E-state index >= 15 is 0 Å². The Morgan fingerprint density at radius 3 is 2.25 bits per heavy atom. The van der Waals surface area contributed by atoms with E-state index in [0.717, 1.165) is 31.2 Å². The number of hydrogen-bond donors (Lipinski definition) is 1. The standard InChI is InChI=1S/C16H24O4/c1-18-14-10-9-12(15(19-2)16(14)20-3)11-7-5-4-6-8-13(11)17/h9-11,13,17H,4-8H2,1-3H3. The highest BCUT2D eigenvalue weighted by atomic mass is 16.5. The van der Waals surface area contributed by atoms with Crippen LogP contribution in [-0.2, 0) is 0 Å². The number of ether oxygens (including phenoxy) is 3. The smallest absolute Gasteiger partial charge is 0.203 e. The van der Waals surface area contributed by atoms with E-state index in [4.69, 9.17) is 14.2 Å². The van der Waals surface area contributed by atoms with Crippen molar-refractivity contribution in [3.05, 3.63) is 17.7 Å². The summed E-state index contributed by atoms with van der Waals surface area (Å²) in [5.74, 6) is 2.03. The lowest BCUT2D eigenvalue weighted by Gasteiger charge is -2.24. The van der Waals surface area contributed by atoms with Crippen LogP contribution >= 0.6 is 0 Å². The molecule has 0 heterocycles. The van der Waals surface area contributed by atoms with E-state index in [1.165, 1.54) is 6.42 Å². The number of aliphatic hydroxyl groups excluding tert-OH is 1. The van der Waals surface area contributed by atoms with Gasteiger partial charge < -0.3 is 19.3 Å². The van der Waals surface area contributed by atoms with Crippen LogP contribution in [0.5, 0.6) is 17.2 Å². The van der Waals surface area contributed by atoms with Crippen LogP contribution in [0.1, 0.15) is 43.6 Å². The fraction of sp³-hybridized carbons (Fsp3) is 0.625. The Bertz CT molecular complexity index is 444. The highest BCUT2D eigenvalue weighted by molar-refractivity contribution is 5.57. The molecular formula is C16H24O4. The third kappa shape index (κ3) is 2.85. The maximum Gasteiger partial charge on any atom is 0.203 e. The maximum atomic E-state index is 10.4. The summed E-state index contributed by atoms with van der Waals surface area (Å²) in [4.78, 5) is 0. The lowest BCUT2D eigenvalue weighted by molar-refractivity contribution is 0.133. The van der Waals surface area contributed by atoms with Crippen molar-refractivity contribution in [3.63, 3.8) is 0 Å². The van der Waals surface area contributed by atoms with E-state index < -0.39 is 0 Å². The lowest BCUT2D eigenvalue weighted by Crippen LogP contribution is -2.18. The minimum Gasteiger partial charge on any atom is -0.493 e. The van der Waals surface area contributed by atoms with Gasteiger partial charge in [0.05, 0.1) is 27.4 Å². The lowest BCUT2D eigenvalue weighted by atomic mass is 9.88. The first-order valence-electron chi connectivity index (χ1n) is 7.19. The van der Waals surface area contributed by atoms with Crippen molar-refractivity contribution in [3.8, 4) is 17.2 Å². The average Bonchev–Trinajstić information content (AvgIpc) is 2.70. The van der Waals surface area contributed by atoms with Crippen LogP contribution in [0.4, 0.5) is 0 Å². The SMILES string of the molecule is COc1ccc(C2CCCCCC2O)c(OC)c1OC. The Labute approximate surface area is 120 Å². The Morgan fingerprint density at radius 1 is 0.900 bits per heavy atom. The van der Waals surface area contributed by atoms with Gasteiger partial charge in [-0.15, -0.1) is 0 Å². The second kappa shape index (κ2) is 6.84. The van der Waals surface area contributed by atoms with Gasteiger partial charge >= 0.3 is 0 Å². The van der Waals surface area contributed by atoms with Crippen molar-refractivity contribution < 1.29 is 19.3 Å². The molecule has 1 aromatic carbocycles. The zero-order valence-corrected chi connectivity index (χ0v) is 12.5. The highest BCUT2D eigenvalue weighted by Gasteiger charge is 2.28. The minimum absolute atomic E-state index is 0.104. The Morgan fingerprint density at radius 2 is 1.60 bits per heavy atom. The summed E-state index contributed by atoms with van der Waals surface area (Å²) >= 11 is 0. The monoisotopic (exact) mass is 280 g/mol. The van der Waals surface area contributed by atoms with E-state index in [-0.39, 0.29) is 12.0 Å². The van der Waals surface area contributed by atoms with E-state index in [2.05, 4.69) is 0 Å². The van der Waals surface area contributed by atoms with Gasteiger partial charge in [-0.05, 0) is 18.9 Å². The number of aliphatic hydroxyl groups is 1. The highest BCUT2D eigenvalue weighted by Crippen LogP contribution is 2.45. The van der Waals surface area contributed by atoms with Crippen LogP contribution in [-0.4, -0.2) is 32.5 Å². The van der Waals surface area contributed by atoms with Crippen molar-refractivity contribution >= 4 is 0 Å². The molecule has 0 aromatic heterocycles. The first-order valence-corrected chi connectivity index (χ1v) is 7.19. The van der Waals surface area contributed by atoms with Gasteiger partial charge in [0.15, 0.2) is 11.5 Å². The van der Waals surface area contributed by atoms with Crippen molar-refractivity contribution in [2.75, 3.05) is 21.3 Å². The first kappa shape index (κ1) is 15.0. The first-order chi connectivity index (χ1) is 9.72. The van der Waals surface area contributed by atoms with Crippen LogP contribution in [0.2, 0.25) is 0 Å². The van der Waals surface area contributed by atoms with Crippen LogP contribution in [0.3, 0.4) is 0 Å². The molecule has 1 saturated carbocycles. The molecule has 2 rings (SSSR count). The molecule has 0 spiro atoms. The molecule has 0 bridgehead atoms. The summed E-state index contributed by atoms with van der Waals surface area (Å²) < 4.78 is 16.3. The molecule has 1 fully saturated rings. The molecule has 0 radical (unpaired) electrons. The Balaban J connectivity index is 2.44. The average molecular weight is 280 g/mol. The summed E-state index contributed by atoms with van der Waals surface area (Å²) in [6, 6.07) is 3.87. The van der Waals surface area contributed by atoms with Crippen LogP contribution in [0.25, 0.3) is 0 Å². The molecule has 1 aliphatic rings. The topological polar surface area (TPSA) is 47.9 Å². The summed E-state index contributed by atoms with van der Waals surface area (Å²) in [7, 11) is 4.84. The number of hydrogen-bond acceptors (Lipinski definition) is 4. The molecule has 1 aliphatic carbocycles. The summed E-state index contributed by atoms with van der Waals surface area (Å²) in [5, 5.41) is 10.4. The molecule has 4 nitrogen and oxygen atoms in total. The molecule has 0 aliphatic heterocycles. The van der Waals surface area contributed by atoms with Crippen molar-refractivity contribution in [1.82, 2.24) is 0 Å². The third-order valence-electron chi connectivity index (χ3n) is 4.11. The predicted molar refractivity (Wildman–Crippen MR) is 77.9 cm³/mol. The van der Waals surface area contributed by atoms with Gasteiger partial charge in [0.25, 0.3) is 0 Å². The largest absolute Gasteiger partial charge is 0.493 e. The Kier molecular flexibility index (Phi) is 5.12. The number of rotatable bonds is 4. The maximum absolute atomic E-state index is 10.4. The summed E-state index contributed by atoms with van der Waals surface area (Å²) in [6.45, 7) is 0. The molecule has 0 saturated heterocycles. The minimum atomic E-state index is -0.315. The molecule has 20 heavy (non-hydrogen) atoms. The zero-order valence-electron chi connectivity index (χ0n) is 12.5. The van der Waals surface area contributed by atoms with Crippen molar-refractivity contribution in [2.24, 2.45) is 0 Å². The predicted octanol–water partition coefficient (Wildman–Crippen LogP) is 3.12. The van der Waals surface area contributed by atoms with E-state index in [9.17, 15) is 5.11 Å².